The van der Waals surface area contributed by atoms with Crippen LogP contribution < -0.4 is 0 Å². The van der Waals surface area contributed by atoms with E-state index in [2.05, 4.69) is 91.5 Å². The van der Waals surface area contributed by atoms with Gasteiger partial charge in [0.25, 0.3) is 0 Å². The first kappa shape index (κ1) is 23.0. The van der Waals surface area contributed by atoms with Gasteiger partial charge in [-0.1, -0.05) is 31.2 Å². The van der Waals surface area contributed by atoms with Crippen LogP contribution in [0.3, 0.4) is 0 Å². The molecule has 0 aromatic heterocycles. The van der Waals surface area contributed by atoms with Gasteiger partial charge >= 0.3 is 0 Å². The van der Waals surface area contributed by atoms with Crippen LogP contribution in [0.15, 0.2) is 24.3 Å². The van der Waals surface area contributed by atoms with Gasteiger partial charge in [0.15, 0.2) is 6.29 Å². The van der Waals surface area contributed by atoms with Crippen LogP contribution in [0.5, 0.6) is 0 Å². The lowest BCUT2D eigenvalue weighted by Gasteiger charge is -2.48. The van der Waals surface area contributed by atoms with Crippen LogP contribution in [0.4, 0.5) is 0 Å². The Labute approximate surface area is 183 Å². The largest absolute Gasteiger partial charge is 0.346 e. The van der Waals surface area contributed by atoms with E-state index in [-0.39, 0.29) is 18.4 Å². The van der Waals surface area contributed by atoms with E-state index in [1.807, 2.05) is 0 Å². The molecule has 164 valence electrons. The molecule has 2 unspecified atom stereocenters. The average Bonchev–Trinajstić information content (AvgIpc) is 2.69. The molecule has 2 aromatic carbocycles. The number of ether oxygens (including phenoxy) is 2. The standard InChI is InChI=1S/C27H39NO2/c1-10-28-22(8)23(9)30-27(26(28)24-13-18(4)21(7)19(5)14-24)29-15-25-12-17(3)16(2)11-20(25)6/h11-14,22-23,26-27H,10,15H2,1-9H3/t22?,23?,26-,27-/m0/s1. The maximum absolute atomic E-state index is 6.51. The molecule has 0 aliphatic carbocycles. The van der Waals surface area contributed by atoms with Gasteiger partial charge in [0.1, 0.15) is 0 Å². The predicted molar refractivity (Wildman–Crippen MR) is 125 cm³/mol. The van der Waals surface area contributed by atoms with E-state index in [0.29, 0.717) is 12.6 Å². The topological polar surface area (TPSA) is 21.7 Å². The van der Waals surface area contributed by atoms with Crippen molar-refractivity contribution in [1.82, 2.24) is 4.90 Å². The molecular formula is C27H39NO2. The molecule has 0 bridgehead atoms. The minimum absolute atomic E-state index is 0.0889. The first-order valence-electron chi connectivity index (χ1n) is 11.3. The molecule has 0 radical (unpaired) electrons. The Morgan fingerprint density at radius 3 is 2.03 bits per heavy atom. The lowest BCUT2D eigenvalue weighted by molar-refractivity contribution is -0.254. The maximum Gasteiger partial charge on any atom is 0.177 e. The summed E-state index contributed by atoms with van der Waals surface area (Å²) in [6.45, 7) is 21.3. The number of aryl methyl sites for hydroxylation is 5. The molecule has 0 N–H and O–H groups in total. The maximum atomic E-state index is 6.51. The third kappa shape index (κ3) is 4.49. The highest BCUT2D eigenvalue weighted by atomic mass is 16.7. The lowest BCUT2D eigenvalue weighted by Crippen LogP contribution is -2.55. The fourth-order valence-electron chi connectivity index (χ4n) is 4.63. The van der Waals surface area contributed by atoms with E-state index in [1.165, 1.54) is 44.5 Å². The van der Waals surface area contributed by atoms with Crippen molar-refractivity contribution in [3.63, 3.8) is 0 Å². The molecule has 0 amide bonds. The van der Waals surface area contributed by atoms with Crippen molar-refractivity contribution in [1.29, 1.82) is 0 Å². The normalized spacial score (nSPS) is 25.0. The quantitative estimate of drug-likeness (QED) is 0.582. The van der Waals surface area contributed by atoms with Crippen LogP contribution in [0.2, 0.25) is 0 Å². The van der Waals surface area contributed by atoms with Crippen molar-refractivity contribution in [3.8, 4) is 0 Å². The summed E-state index contributed by atoms with van der Waals surface area (Å²) in [5.74, 6) is 0. The van der Waals surface area contributed by atoms with Crippen molar-refractivity contribution in [2.75, 3.05) is 6.54 Å². The monoisotopic (exact) mass is 409 g/mol. The second kappa shape index (κ2) is 9.21. The fraction of sp³-hybridized carbons (Fsp3) is 0.556. The van der Waals surface area contributed by atoms with E-state index in [1.54, 1.807) is 0 Å². The molecule has 1 aliphatic heterocycles. The molecule has 0 spiro atoms. The lowest BCUT2D eigenvalue weighted by atomic mass is 9.93. The first-order valence-corrected chi connectivity index (χ1v) is 11.3. The third-order valence-electron chi connectivity index (χ3n) is 7.18. The van der Waals surface area contributed by atoms with Crippen LogP contribution in [0.25, 0.3) is 0 Å². The van der Waals surface area contributed by atoms with Crippen molar-refractivity contribution in [3.05, 3.63) is 68.8 Å². The number of nitrogens with zero attached hydrogens (tertiary/aromatic N) is 1. The Bertz CT molecular complexity index is 881. The average molecular weight is 410 g/mol. The smallest absolute Gasteiger partial charge is 0.177 e. The third-order valence-corrected chi connectivity index (χ3v) is 7.18. The molecule has 2 aromatic rings. The number of benzene rings is 2. The Morgan fingerprint density at radius 2 is 1.43 bits per heavy atom. The van der Waals surface area contributed by atoms with Crippen molar-refractivity contribution in [2.24, 2.45) is 0 Å². The Hall–Kier alpha value is -1.68. The fourth-order valence-corrected chi connectivity index (χ4v) is 4.63. The molecule has 1 fully saturated rings. The Morgan fingerprint density at radius 1 is 0.833 bits per heavy atom. The van der Waals surface area contributed by atoms with Crippen molar-refractivity contribution < 1.29 is 9.47 Å². The zero-order valence-corrected chi connectivity index (χ0v) is 20.3. The molecule has 1 aliphatic rings. The zero-order chi connectivity index (χ0) is 22.2. The molecule has 3 rings (SSSR count). The van der Waals surface area contributed by atoms with Crippen LogP contribution in [-0.2, 0) is 16.1 Å². The van der Waals surface area contributed by atoms with Crippen molar-refractivity contribution in [2.45, 2.75) is 93.4 Å². The van der Waals surface area contributed by atoms with Crippen LogP contribution in [-0.4, -0.2) is 29.9 Å². The van der Waals surface area contributed by atoms with E-state index in [0.717, 1.165) is 6.54 Å². The van der Waals surface area contributed by atoms with E-state index >= 15 is 0 Å². The molecule has 4 atom stereocenters. The highest BCUT2D eigenvalue weighted by molar-refractivity contribution is 5.39. The molecule has 0 saturated carbocycles. The van der Waals surface area contributed by atoms with E-state index < -0.39 is 0 Å². The summed E-state index contributed by atoms with van der Waals surface area (Å²) in [5, 5.41) is 0. The van der Waals surface area contributed by atoms with E-state index in [9.17, 15) is 0 Å². The summed E-state index contributed by atoms with van der Waals surface area (Å²) < 4.78 is 13.0. The number of hydrogen-bond donors (Lipinski definition) is 0. The van der Waals surface area contributed by atoms with Gasteiger partial charge in [-0.25, -0.2) is 0 Å². The molecule has 1 saturated heterocycles. The highest BCUT2D eigenvalue weighted by Crippen LogP contribution is 2.37. The molecule has 1 heterocycles. The summed E-state index contributed by atoms with van der Waals surface area (Å²) in [4.78, 5) is 2.54. The summed E-state index contributed by atoms with van der Waals surface area (Å²) >= 11 is 0. The van der Waals surface area contributed by atoms with Gasteiger partial charge < -0.3 is 9.47 Å². The van der Waals surface area contributed by atoms with Gasteiger partial charge in [-0.05, 0) is 106 Å². The number of hydrogen-bond acceptors (Lipinski definition) is 3. The second-order valence-electron chi connectivity index (χ2n) is 9.18. The number of morpholine rings is 1. The SMILES string of the molecule is CCN1C(C)C(C)O[C@H](OCc2cc(C)c(C)cc2C)[C@@H]1c1cc(C)c(C)c(C)c1. The Balaban J connectivity index is 1.94. The number of rotatable bonds is 5. The minimum atomic E-state index is -0.293. The molecule has 30 heavy (non-hydrogen) atoms. The molecular weight excluding hydrogens is 370 g/mol. The Kier molecular flexibility index (Phi) is 7.06. The van der Waals surface area contributed by atoms with E-state index in [4.69, 9.17) is 9.47 Å². The molecule has 3 heteroatoms. The molecule has 3 nitrogen and oxygen atoms in total. The van der Waals surface area contributed by atoms with Gasteiger partial charge in [-0.3, -0.25) is 4.90 Å². The summed E-state index contributed by atoms with van der Waals surface area (Å²) in [5.41, 5.74) is 10.5. The van der Waals surface area contributed by atoms with Gasteiger partial charge in [-0.2, -0.15) is 0 Å². The summed E-state index contributed by atoms with van der Waals surface area (Å²) in [6, 6.07) is 9.57. The first-order chi connectivity index (χ1) is 14.1. The van der Waals surface area contributed by atoms with Gasteiger partial charge in [0.05, 0.1) is 18.8 Å². The van der Waals surface area contributed by atoms with Gasteiger partial charge in [-0.15, -0.1) is 0 Å². The van der Waals surface area contributed by atoms with Gasteiger partial charge in [0.2, 0.25) is 0 Å². The highest BCUT2D eigenvalue weighted by Gasteiger charge is 2.41. The minimum Gasteiger partial charge on any atom is -0.346 e. The number of likely N-dealkylation sites (N-methyl/N-ethyl adjacent to an activating group) is 1. The van der Waals surface area contributed by atoms with Crippen molar-refractivity contribution >= 4 is 0 Å². The summed E-state index contributed by atoms with van der Waals surface area (Å²) in [6.07, 6.45) is -0.168. The van der Waals surface area contributed by atoms with Crippen LogP contribution in [0, 0.1) is 41.5 Å². The van der Waals surface area contributed by atoms with Crippen LogP contribution in [0.1, 0.15) is 71.3 Å². The van der Waals surface area contributed by atoms with Gasteiger partial charge in [0, 0.05) is 6.04 Å². The zero-order valence-electron chi connectivity index (χ0n) is 20.3. The summed E-state index contributed by atoms with van der Waals surface area (Å²) in [7, 11) is 0. The van der Waals surface area contributed by atoms with Crippen LogP contribution >= 0.6 is 0 Å². The second-order valence-corrected chi connectivity index (χ2v) is 9.18. The predicted octanol–water partition coefficient (Wildman–Crippen LogP) is 6.25.